The predicted octanol–water partition coefficient (Wildman–Crippen LogP) is 3.70. The average Bonchev–Trinajstić information content (AvgIpc) is 2.35. The SMILES string of the molecule is CS/C=C/C#CN1C=C(C)c2ccccc2C1. The molecule has 0 saturated heterocycles. The zero-order valence-electron chi connectivity index (χ0n) is 10.1. The molecule has 0 spiro atoms. The highest BCUT2D eigenvalue weighted by molar-refractivity contribution is 8.01. The van der Waals surface area contributed by atoms with Crippen molar-refractivity contribution >= 4 is 17.3 Å². The van der Waals surface area contributed by atoms with Crippen molar-refractivity contribution in [1.29, 1.82) is 0 Å². The van der Waals surface area contributed by atoms with E-state index < -0.39 is 0 Å². The second-order valence-corrected chi connectivity index (χ2v) is 4.64. The van der Waals surface area contributed by atoms with Crippen molar-refractivity contribution in [2.75, 3.05) is 6.26 Å². The Bertz CT molecular complexity index is 517. The van der Waals surface area contributed by atoms with Gasteiger partial charge in [0.2, 0.25) is 0 Å². The van der Waals surface area contributed by atoms with Crippen LogP contribution in [0.15, 0.2) is 41.9 Å². The minimum absolute atomic E-state index is 0.869. The molecule has 1 aromatic rings. The van der Waals surface area contributed by atoms with Crippen LogP contribution in [0.1, 0.15) is 18.1 Å². The van der Waals surface area contributed by atoms with Crippen LogP contribution in [0.25, 0.3) is 5.57 Å². The first-order valence-corrected chi connectivity index (χ1v) is 6.82. The van der Waals surface area contributed by atoms with E-state index in [2.05, 4.69) is 49.4 Å². The minimum Gasteiger partial charge on any atom is -0.304 e. The molecule has 1 aromatic carbocycles. The number of fused-ring (bicyclic) bond motifs is 1. The van der Waals surface area contributed by atoms with Crippen molar-refractivity contribution < 1.29 is 0 Å². The molecule has 1 aliphatic rings. The molecule has 0 radical (unpaired) electrons. The summed E-state index contributed by atoms with van der Waals surface area (Å²) in [4.78, 5) is 2.04. The minimum atomic E-state index is 0.869. The Morgan fingerprint density at radius 3 is 3.00 bits per heavy atom. The van der Waals surface area contributed by atoms with E-state index in [1.54, 1.807) is 11.8 Å². The Labute approximate surface area is 107 Å². The summed E-state index contributed by atoms with van der Waals surface area (Å²) in [6, 6.07) is 11.6. The molecular weight excluding hydrogens is 226 g/mol. The van der Waals surface area contributed by atoms with Gasteiger partial charge in [-0.25, -0.2) is 0 Å². The molecule has 86 valence electrons. The lowest BCUT2D eigenvalue weighted by atomic mass is 9.98. The first-order chi connectivity index (χ1) is 8.31. The molecule has 1 aliphatic heterocycles. The quantitative estimate of drug-likeness (QED) is 0.690. The largest absolute Gasteiger partial charge is 0.304 e. The highest BCUT2D eigenvalue weighted by atomic mass is 32.2. The third kappa shape index (κ3) is 2.95. The Kier molecular flexibility index (Phi) is 3.95. The summed E-state index contributed by atoms with van der Waals surface area (Å²) >= 11 is 1.66. The van der Waals surface area contributed by atoms with Gasteiger partial charge in [0.1, 0.15) is 0 Å². The van der Waals surface area contributed by atoms with Gasteiger partial charge in [-0.1, -0.05) is 30.2 Å². The third-order valence-electron chi connectivity index (χ3n) is 2.63. The van der Waals surface area contributed by atoms with Crippen LogP contribution in [0, 0.1) is 12.0 Å². The molecule has 0 amide bonds. The first kappa shape index (κ1) is 11.9. The van der Waals surface area contributed by atoms with E-state index in [1.807, 2.05) is 22.6 Å². The van der Waals surface area contributed by atoms with Crippen molar-refractivity contribution in [3.05, 3.63) is 53.1 Å². The molecule has 0 aromatic heterocycles. The smallest absolute Gasteiger partial charge is 0.0565 e. The Morgan fingerprint density at radius 2 is 2.18 bits per heavy atom. The predicted molar refractivity (Wildman–Crippen MR) is 76.1 cm³/mol. The van der Waals surface area contributed by atoms with Gasteiger partial charge in [-0.2, -0.15) is 0 Å². The fourth-order valence-electron chi connectivity index (χ4n) is 1.87. The summed E-state index contributed by atoms with van der Waals surface area (Å²) < 4.78 is 0. The van der Waals surface area contributed by atoms with Gasteiger partial charge in [-0.3, -0.25) is 0 Å². The van der Waals surface area contributed by atoms with Crippen LogP contribution in [0.5, 0.6) is 0 Å². The first-order valence-electron chi connectivity index (χ1n) is 5.53. The number of hydrogen-bond acceptors (Lipinski definition) is 2. The normalized spacial score (nSPS) is 14.0. The van der Waals surface area contributed by atoms with Gasteiger partial charge in [0.15, 0.2) is 0 Å². The second kappa shape index (κ2) is 5.65. The highest BCUT2D eigenvalue weighted by Gasteiger charge is 2.11. The summed E-state index contributed by atoms with van der Waals surface area (Å²) in [5.41, 5.74) is 3.95. The number of thioether (sulfide) groups is 1. The van der Waals surface area contributed by atoms with Crippen molar-refractivity contribution in [3.8, 4) is 12.0 Å². The zero-order chi connectivity index (χ0) is 12.1. The zero-order valence-corrected chi connectivity index (χ0v) is 10.9. The van der Waals surface area contributed by atoms with Crippen LogP contribution in [-0.4, -0.2) is 11.2 Å². The summed E-state index contributed by atoms with van der Waals surface area (Å²) in [6.45, 7) is 3.00. The van der Waals surface area contributed by atoms with Crippen molar-refractivity contribution in [2.24, 2.45) is 0 Å². The van der Waals surface area contributed by atoms with Gasteiger partial charge in [0.25, 0.3) is 0 Å². The van der Waals surface area contributed by atoms with Crippen molar-refractivity contribution in [2.45, 2.75) is 13.5 Å². The maximum atomic E-state index is 3.13. The Balaban J connectivity index is 2.18. The summed E-state index contributed by atoms with van der Waals surface area (Å²) in [5, 5.41) is 1.99. The number of nitrogens with zero attached hydrogens (tertiary/aromatic N) is 1. The molecule has 1 heterocycles. The third-order valence-corrected chi connectivity index (χ3v) is 3.04. The van der Waals surface area contributed by atoms with Crippen molar-refractivity contribution in [3.63, 3.8) is 0 Å². The van der Waals surface area contributed by atoms with E-state index >= 15 is 0 Å². The van der Waals surface area contributed by atoms with Crippen LogP contribution in [0.2, 0.25) is 0 Å². The van der Waals surface area contributed by atoms with E-state index in [0.717, 1.165) is 6.54 Å². The number of rotatable bonds is 1. The maximum absolute atomic E-state index is 3.13. The molecule has 0 fully saturated rings. The molecule has 1 nitrogen and oxygen atoms in total. The van der Waals surface area contributed by atoms with Gasteiger partial charge in [0, 0.05) is 12.2 Å². The maximum Gasteiger partial charge on any atom is 0.0565 e. The standard InChI is InChI=1S/C15H15NS/c1-13-11-16(9-5-6-10-17-2)12-14-7-3-4-8-15(13)14/h3-4,6-8,10-11H,12H2,1-2H3/b10-6+. The molecule has 2 heteroatoms. The van der Waals surface area contributed by atoms with E-state index in [-0.39, 0.29) is 0 Å². The Morgan fingerprint density at radius 1 is 1.35 bits per heavy atom. The van der Waals surface area contributed by atoms with Gasteiger partial charge in [-0.05, 0) is 41.4 Å². The molecule has 0 atom stereocenters. The lowest BCUT2D eigenvalue weighted by Crippen LogP contribution is -2.15. The lowest BCUT2D eigenvalue weighted by Gasteiger charge is -2.22. The molecular formula is C15H15NS. The topological polar surface area (TPSA) is 3.24 Å². The van der Waals surface area contributed by atoms with Gasteiger partial charge >= 0.3 is 0 Å². The average molecular weight is 241 g/mol. The van der Waals surface area contributed by atoms with Crippen LogP contribution < -0.4 is 0 Å². The molecule has 0 N–H and O–H groups in total. The van der Waals surface area contributed by atoms with E-state index in [1.165, 1.54) is 16.7 Å². The van der Waals surface area contributed by atoms with Crippen LogP contribution in [0.3, 0.4) is 0 Å². The van der Waals surface area contributed by atoms with Gasteiger partial charge in [0.05, 0.1) is 6.54 Å². The van der Waals surface area contributed by atoms with Gasteiger partial charge < -0.3 is 4.90 Å². The lowest BCUT2D eigenvalue weighted by molar-refractivity contribution is 0.522. The van der Waals surface area contributed by atoms with Gasteiger partial charge in [-0.15, -0.1) is 11.8 Å². The second-order valence-electron chi connectivity index (χ2n) is 3.89. The number of hydrogen-bond donors (Lipinski definition) is 0. The van der Waals surface area contributed by atoms with E-state index in [0.29, 0.717) is 0 Å². The van der Waals surface area contributed by atoms with E-state index in [4.69, 9.17) is 0 Å². The Hall–Kier alpha value is -1.59. The number of benzene rings is 1. The fraction of sp³-hybridized carbons (Fsp3) is 0.200. The highest BCUT2D eigenvalue weighted by Crippen LogP contribution is 2.25. The molecule has 2 rings (SSSR count). The molecule has 0 unspecified atom stereocenters. The number of allylic oxidation sites excluding steroid dienone is 2. The molecule has 0 saturated carbocycles. The summed E-state index contributed by atoms with van der Waals surface area (Å²) in [7, 11) is 0. The molecule has 0 bridgehead atoms. The van der Waals surface area contributed by atoms with Crippen LogP contribution in [0.4, 0.5) is 0 Å². The summed E-state index contributed by atoms with van der Waals surface area (Å²) in [5.74, 6) is 3.04. The van der Waals surface area contributed by atoms with Crippen molar-refractivity contribution in [1.82, 2.24) is 4.90 Å². The molecule has 0 aliphatic carbocycles. The van der Waals surface area contributed by atoms with Crippen LogP contribution in [-0.2, 0) is 6.54 Å². The van der Waals surface area contributed by atoms with E-state index in [9.17, 15) is 0 Å². The summed E-state index contributed by atoms with van der Waals surface area (Å²) in [6.07, 6.45) is 6.02. The molecule has 17 heavy (non-hydrogen) atoms. The fourth-order valence-corrected chi connectivity index (χ4v) is 2.07. The monoisotopic (exact) mass is 241 g/mol. The van der Waals surface area contributed by atoms with Crippen LogP contribution >= 0.6 is 11.8 Å².